The molecule has 0 bridgehead atoms. The number of nitrogens with one attached hydrogen (secondary N) is 2. The fourth-order valence-electron chi connectivity index (χ4n) is 3.53. The molecule has 2 amide bonds. The van der Waals surface area contributed by atoms with E-state index >= 15 is 0 Å². The van der Waals surface area contributed by atoms with Gasteiger partial charge in [-0.1, -0.05) is 29.8 Å². The van der Waals surface area contributed by atoms with Crippen LogP contribution in [0.25, 0.3) is 0 Å². The van der Waals surface area contributed by atoms with Crippen LogP contribution in [0.3, 0.4) is 0 Å². The van der Waals surface area contributed by atoms with Crippen molar-refractivity contribution >= 4 is 34.8 Å². The van der Waals surface area contributed by atoms with Gasteiger partial charge in [0.1, 0.15) is 5.69 Å². The molecule has 0 saturated carbocycles. The molecule has 1 saturated heterocycles. The van der Waals surface area contributed by atoms with Crippen LogP contribution in [-0.2, 0) is 11.3 Å². The Labute approximate surface area is 184 Å². The van der Waals surface area contributed by atoms with Gasteiger partial charge in [0, 0.05) is 42.3 Å². The second-order valence-electron chi connectivity index (χ2n) is 7.42. The number of carbonyl (C=O) groups excluding carboxylic acids is 2. The number of rotatable bonds is 8. The Hall–Kier alpha value is -3.17. The van der Waals surface area contributed by atoms with Crippen molar-refractivity contribution in [1.82, 2.24) is 10.2 Å². The Morgan fingerprint density at radius 3 is 2.55 bits per heavy atom. The molecule has 1 heterocycles. The normalized spacial score (nSPS) is 14.7. The second kappa shape index (κ2) is 10.2. The molecule has 3 rings (SSSR count). The first-order valence-corrected chi connectivity index (χ1v) is 10.3. The molecule has 164 valence electrons. The maximum atomic E-state index is 12.6. The fraction of sp³-hybridized carbons (Fsp3) is 0.333. The van der Waals surface area contributed by atoms with Crippen LogP contribution >= 0.6 is 11.6 Å². The highest BCUT2D eigenvalue weighted by Gasteiger charge is 2.23. The first-order valence-electron chi connectivity index (χ1n) is 9.90. The van der Waals surface area contributed by atoms with Crippen molar-refractivity contribution in [2.45, 2.75) is 25.4 Å². The highest BCUT2D eigenvalue weighted by atomic mass is 35.5. The van der Waals surface area contributed by atoms with Gasteiger partial charge < -0.3 is 16.4 Å². The molecule has 1 aliphatic rings. The number of nitrogens with zero attached hydrogens (tertiary/aromatic N) is 2. The first-order chi connectivity index (χ1) is 14.8. The minimum Gasteiger partial charge on any atom is -0.375 e. The number of nitro benzene ring substituents is 1. The highest BCUT2D eigenvalue weighted by Crippen LogP contribution is 2.27. The maximum absolute atomic E-state index is 12.6. The molecule has 0 radical (unpaired) electrons. The molecular weight excluding hydrogens is 422 g/mol. The van der Waals surface area contributed by atoms with Gasteiger partial charge in [-0.05, 0) is 36.6 Å². The van der Waals surface area contributed by atoms with Crippen LogP contribution in [-0.4, -0.2) is 47.3 Å². The van der Waals surface area contributed by atoms with E-state index in [2.05, 4.69) is 10.6 Å². The summed E-state index contributed by atoms with van der Waals surface area (Å²) in [6, 6.07) is 11.5. The molecule has 0 spiro atoms. The quantitative estimate of drug-likeness (QED) is 0.422. The van der Waals surface area contributed by atoms with Gasteiger partial charge in [0.05, 0.1) is 11.5 Å². The van der Waals surface area contributed by atoms with Crippen LogP contribution in [0.15, 0.2) is 42.5 Å². The highest BCUT2D eigenvalue weighted by molar-refractivity contribution is 6.31. The van der Waals surface area contributed by atoms with Crippen molar-refractivity contribution in [1.29, 1.82) is 0 Å². The number of nitrogens with two attached hydrogens (primary N) is 1. The Kier molecular flexibility index (Phi) is 7.43. The summed E-state index contributed by atoms with van der Waals surface area (Å²) in [5, 5.41) is 18.1. The number of carbonyl (C=O) groups is 2. The summed E-state index contributed by atoms with van der Waals surface area (Å²) in [7, 11) is 0. The number of halogens is 1. The Morgan fingerprint density at radius 1 is 1.19 bits per heavy atom. The van der Waals surface area contributed by atoms with Crippen LogP contribution in [0.4, 0.5) is 11.4 Å². The zero-order valence-corrected chi connectivity index (χ0v) is 17.6. The third-order valence-electron chi connectivity index (χ3n) is 5.19. The molecule has 31 heavy (non-hydrogen) atoms. The van der Waals surface area contributed by atoms with Crippen LogP contribution in [0.1, 0.15) is 28.8 Å². The lowest BCUT2D eigenvalue weighted by Crippen LogP contribution is -2.46. The number of amides is 2. The Bertz CT molecular complexity index is 976. The van der Waals surface area contributed by atoms with Gasteiger partial charge in [-0.3, -0.25) is 24.6 Å². The number of anilines is 1. The molecule has 0 unspecified atom stereocenters. The molecular formula is C21H24ClN5O4. The lowest BCUT2D eigenvalue weighted by molar-refractivity contribution is -0.384. The van der Waals surface area contributed by atoms with E-state index in [0.29, 0.717) is 43.2 Å². The number of likely N-dealkylation sites (tertiary alicyclic amines) is 1. The largest absolute Gasteiger partial charge is 0.375 e. The van der Waals surface area contributed by atoms with Gasteiger partial charge in [0.15, 0.2) is 0 Å². The van der Waals surface area contributed by atoms with Crippen LogP contribution in [0, 0.1) is 10.1 Å². The molecule has 0 aromatic heterocycles. The van der Waals surface area contributed by atoms with Crippen molar-refractivity contribution in [2.24, 2.45) is 5.73 Å². The SMILES string of the molecule is NC(=O)CN1CCC(NC(=O)c2ccc(NCc3ccccc3Cl)c([N+](=O)[O-])c2)CC1. The zero-order chi connectivity index (χ0) is 22.4. The first kappa shape index (κ1) is 22.5. The molecule has 1 fully saturated rings. The number of hydrogen-bond donors (Lipinski definition) is 3. The fourth-order valence-corrected chi connectivity index (χ4v) is 3.73. The summed E-state index contributed by atoms with van der Waals surface area (Å²) >= 11 is 6.13. The number of benzene rings is 2. The smallest absolute Gasteiger partial charge is 0.293 e. The summed E-state index contributed by atoms with van der Waals surface area (Å²) in [6.07, 6.45) is 1.36. The van der Waals surface area contributed by atoms with E-state index in [0.717, 1.165) is 5.56 Å². The van der Waals surface area contributed by atoms with E-state index < -0.39 is 4.92 Å². The van der Waals surface area contributed by atoms with Crippen molar-refractivity contribution in [3.63, 3.8) is 0 Å². The van der Waals surface area contributed by atoms with Crippen molar-refractivity contribution < 1.29 is 14.5 Å². The number of nitro groups is 1. The molecule has 1 aliphatic heterocycles. The number of piperidine rings is 1. The standard InChI is InChI=1S/C21H24ClN5O4/c22-17-4-2-1-3-15(17)12-24-18-6-5-14(11-19(18)27(30)31)21(29)25-16-7-9-26(10-8-16)13-20(23)28/h1-6,11,16,24H,7-10,12-13H2,(H2,23,28)(H,25,29). The Balaban J connectivity index is 1.63. The van der Waals surface area contributed by atoms with E-state index in [4.69, 9.17) is 17.3 Å². The zero-order valence-electron chi connectivity index (χ0n) is 16.8. The van der Waals surface area contributed by atoms with E-state index in [1.165, 1.54) is 12.1 Å². The summed E-state index contributed by atoms with van der Waals surface area (Å²) < 4.78 is 0. The lowest BCUT2D eigenvalue weighted by Gasteiger charge is -2.31. The third-order valence-corrected chi connectivity index (χ3v) is 5.55. The molecule has 2 aromatic carbocycles. The molecule has 0 atom stereocenters. The molecule has 4 N–H and O–H groups in total. The van der Waals surface area contributed by atoms with Gasteiger partial charge in [0.2, 0.25) is 5.91 Å². The lowest BCUT2D eigenvalue weighted by atomic mass is 10.0. The van der Waals surface area contributed by atoms with Gasteiger partial charge >= 0.3 is 0 Å². The van der Waals surface area contributed by atoms with Crippen molar-refractivity contribution in [2.75, 3.05) is 25.0 Å². The topological polar surface area (TPSA) is 131 Å². The van der Waals surface area contributed by atoms with Gasteiger partial charge in [-0.25, -0.2) is 0 Å². The molecule has 0 aliphatic carbocycles. The summed E-state index contributed by atoms with van der Waals surface area (Å²) in [4.78, 5) is 36.6. The minimum absolute atomic E-state index is 0.0614. The van der Waals surface area contributed by atoms with Crippen LogP contribution in [0.5, 0.6) is 0 Å². The van der Waals surface area contributed by atoms with Gasteiger partial charge in [-0.15, -0.1) is 0 Å². The Morgan fingerprint density at radius 2 is 1.90 bits per heavy atom. The predicted molar refractivity (Wildman–Crippen MR) is 118 cm³/mol. The predicted octanol–water partition coefficient (Wildman–Crippen LogP) is 2.54. The molecule has 10 heteroatoms. The maximum Gasteiger partial charge on any atom is 0.293 e. The summed E-state index contributed by atoms with van der Waals surface area (Å²) in [6.45, 7) is 1.82. The number of hydrogen-bond acceptors (Lipinski definition) is 6. The number of primary amides is 1. The average Bonchev–Trinajstić information content (AvgIpc) is 2.74. The molecule has 9 nitrogen and oxygen atoms in total. The average molecular weight is 446 g/mol. The van der Waals surface area contributed by atoms with Gasteiger partial charge in [0.25, 0.3) is 11.6 Å². The van der Waals surface area contributed by atoms with Gasteiger partial charge in [-0.2, -0.15) is 0 Å². The van der Waals surface area contributed by atoms with Crippen LogP contribution < -0.4 is 16.4 Å². The van der Waals surface area contributed by atoms with E-state index in [-0.39, 0.29) is 35.7 Å². The summed E-state index contributed by atoms with van der Waals surface area (Å²) in [5.74, 6) is -0.743. The van der Waals surface area contributed by atoms with Crippen molar-refractivity contribution in [3.8, 4) is 0 Å². The van der Waals surface area contributed by atoms with E-state index in [1.54, 1.807) is 12.1 Å². The van der Waals surface area contributed by atoms with E-state index in [1.807, 2.05) is 23.1 Å². The minimum atomic E-state index is -0.520. The van der Waals surface area contributed by atoms with Crippen molar-refractivity contribution in [3.05, 3.63) is 68.7 Å². The third kappa shape index (κ3) is 6.16. The van der Waals surface area contributed by atoms with Crippen LogP contribution in [0.2, 0.25) is 5.02 Å². The molecule has 2 aromatic rings. The second-order valence-corrected chi connectivity index (χ2v) is 7.83. The monoisotopic (exact) mass is 445 g/mol. The summed E-state index contributed by atoms with van der Waals surface area (Å²) in [5.41, 5.74) is 6.36. The van der Waals surface area contributed by atoms with E-state index in [9.17, 15) is 19.7 Å².